The molecule has 0 aromatic heterocycles. The van der Waals surface area contributed by atoms with E-state index in [9.17, 15) is 9.90 Å². The first-order valence-corrected chi connectivity index (χ1v) is 7.09. The van der Waals surface area contributed by atoms with Gasteiger partial charge >= 0.3 is 5.97 Å². The second kappa shape index (κ2) is 6.79. The Hall–Kier alpha value is -2.49. The third kappa shape index (κ3) is 3.54. The van der Waals surface area contributed by atoms with Crippen LogP contribution in [0.3, 0.4) is 0 Å². The fraction of sp³-hybridized carbons (Fsp3) is 0.235. The Labute approximate surface area is 124 Å². The summed E-state index contributed by atoms with van der Waals surface area (Å²) in [5.74, 6) is -0.942. The third-order valence-corrected chi connectivity index (χ3v) is 3.35. The molecule has 0 aliphatic carbocycles. The van der Waals surface area contributed by atoms with Crippen LogP contribution in [0, 0.1) is 0 Å². The van der Waals surface area contributed by atoms with Gasteiger partial charge < -0.3 is 15.7 Å². The molecule has 0 radical (unpaired) electrons. The van der Waals surface area contributed by atoms with Gasteiger partial charge in [0.15, 0.2) is 0 Å². The molecule has 0 spiro atoms. The number of nitrogens with two attached hydrogens (primary N) is 1. The number of rotatable bonds is 6. The first-order chi connectivity index (χ1) is 10.1. The molecule has 21 heavy (non-hydrogen) atoms. The predicted octanol–water partition coefficient (Wildman–Crippen LogP) is 3.91. The van der Waals surface area contributed by atoms with E-state index in [1.807, 2.05) is 35.2 Å². The quantitative estimate of drug-likeness (QED) is 0.789. The maximum atomic E-state index is 11.5. The van der Waals surface area contributed by atoms with Crippen molar-refractivity contribution in [2.24, 2.45) is 0 Å². The number of nitrogens with zero attached hydrogens (tertiary/aromatic N) is 1. The molecule has 2 aromatic carbocycles. The molecule has 0 bridgehead atoms. The number of aromatic carboxylic acids is 1. The summed E-state index contributed by atoms with van der Waals surface area (Å²) < 4.78 is 0. The molecule has 3 N–H and O–H groups in total. The molecular weight excluding hydrogens is 264 g/mol. The third-order valence-electron chi connectivity index (χ3n) is 3.35. The zero-order chi connectivity index (χ0) is 15.2. The molecule has 2 aromatic rings. The number of carbonyl (C=O) groups is 1. The van der Waals surface area contributed by atoms with Crippen LogP contribution in [0.15, 0.2) is 48.5 Å². The monoisotopic (exact) mass is 284 g/mol. The fourth-order valence-electron chi connectivity index (χ4n) is 2.27. The van der Waals surface area contributed by atoms with Crippen molar-refractivity contribution in [2.75, 3.05) is 17.2 Å². The minimum Gasteiger partial charge on any atom is -0.478 e. The van der Waals surface area contributed by atoms with Crippen LogP contribution in [0.2, 0.25) is 0 Å². The van der Waals surface area contributed by atoms with Crippen LogP contribution in [-0.4, -0.2) is 17.6 Å². The van der Waals surface area contributed by atoms with Gasteiger partial charge in [-0.25, -0.2) is 4.79 Å². The average molecular weight is 284 g/mol. The number of carboxylic acid groups (broad SMARTS) is 1. The van der Waals surface area contributed by atoms with Gasteiger partial charge in [0.2, 0.25) is 0 Å². The highest BCUT2D eigenvalue weighted by atomic mass is 16.4. The first-order valence-electron chi connectivity index (χ1n) is 7.09. The lowest BCUT2D eigenvalue weighted by molar-refractivity contribution is 0.0697. The Balaban J connectivity index is 2.50. The van der Waals surface area contributed by atoms with E-state index in [-0.39, 0.29) is 5.56 Å². The van der Waals surface area contributed by atoms with Gasteiger partial charge in [0.05, 0.1) is 11.3 Å². The Kier molecular flexibility index (Phi) is 4.82. The van der Waals surface area contributed by atoms with Crippen molar-refractivity contribution in [2.45, 2.75) is 19.8 Å². The van der Waals surface area contributed by atoms with E-state index in [1.54, 1.807) is 18.2 Å². The van der Waals surface area contributed by atoms with Crippen LogP contribution >= 0.6 is 0 Å². The summed E-state index contributed by atoms with van der Waals surface area (Å²) in [6.45, 7) is 2.87. The van der Waals surface area contributed by atoms with Crippen LogP contribution < -0.4 is 10.6 Å². The van der Waals surface area contributed by atoms with Gasteiger partial charge in [0.1, 0.15) is 0 Å². The van der Waals surface area contributed by atoms with Gasteiger partial charge in [0.25, 0.3) is 0 Å². The van der Waals surface area contributed by atoms with Gasteiger partial charge in [-0.05, 0) is 36.8 Å². The molecule has 110 valence electrons. The number of hydrogen-bond acceptors (Lipinski definition) is 3. The van der Waals surface area contributed by atoms with E-state index >= 15 is 0 Å². The van der Waals surface area contributed by atoms with Crippen molar-refractivity contribution in [3.63, 3.8) is 0 Å². The van der Waals surface area contributed by atoms with Crippen molar-refractivity contribution < 1.29 is 9.90 Å². The largest absolute Gasteiger partial charge is 0.478 e. The number of hydrogen-bond donors (Lipinski definition) is 2. The molecule has 0 saturated heterocycles. The van der Waals surface area contributed by atoms with Gasteiger partial charge in [-0.3, -0.25) is 0 Å². The second-order valence-corrected chi connectivity index (χ2v) is 4.92. The molecular formula is C17H20N2O2. The number of unbranched alkanes of at least 4 members (excludes halogenated alkanes) is 1. The second-order valence-electron chi connectivity index (χ2n) is 4.92. The minimum absolute atomic E-state index is 0.268. The lowest BCUT2D eigenvalue weighted by Gasteiger charge is -2.26. The minimum atomic E-state index is -0.942. The average Bonchev–Trinajstić information content (AvgIpc) is 2.48. The van der Waals surface area contributed by atoms with Gasteiger partial charge in [-0.2, -0.15) is 0 Å². The highest BCUT2D eigenvalue weighted by molar-refractivity contribution is 5.96. The standard InChI is InChI=1S/C17H20N2O2/c1-2-3-11-19(14-7-5-4-6-8-14)16-12-13(18)9-10-15(16)17(20)21/h4-10,12H,2-3,11,18H2,1H3,(H,20,21). The molecule has 0 unspecified atom stereocenters. The van der Waals surface area contributed by atoms with E-state index in [2.05, 4.69) is 6.92 Å². The number of anilines is 3. The van der Waals surface area contributed by atoms with Gasteiger partial charge in [-0.15, -0.1) is 0 Å². The lowest BCUT2D eigenvalue weighted by Crippen LogP contribution is -2.21. The number of nitrogen functional groups attached to an aromatic ring is 1. The smallest absolute Gasteiger partial charge is 0.337 e. The normalized spacial score (nSPS) is 10.3. The molecule has 0 heterocycles. The van der Waals surface area contributed by atoms with Crippen molar-refractivity contribution in [1.29, 1.82) is 0 Å². The Morgan fingerprint density at radius 1 is 1.19 bits per heavy atom. The molecule has 0 atom stereocenters. The summed E-state index contributed by atoms with van der Waals surface area (Å²) in [4.78, 5) is 13.5. The van der Waals surface area contributed by atoms with Crippen molar-refractivity contribution in [3.8, 4) is 0 Å². The van der Waals surface area contributed by atoms with Crippen LogP contribution in [-0.2, 0) is 0 Å². The van der Waals surface area contributed by atoms with Crippen molar-refractivity contribution in [3.05, 3.63) is 54.1 Å². The summed E-state index contributed by atoms with van der Waals surface area (Å²) in [5.41, 5.74) is 8.29. The Bertz CT molecular complexity index is 611. The zero-order valence-electron chi connectivity index (χ0n) is 12.1. The van der Waals surface area contributed by atoms with E-state index in [0.29, 0.717) is 11.4 Å². The lowest BCUT2D eigenvalue weighted by atomic mass is 10.1. The molecule has 2 rings (SSSR count). The van der Waals surface area contributed by atoms with Crippen LogP contribution in [0.4, 0.5) is 17.1 Å². The Morgan fingerprint density at radius 2 is 1.90 bits per heavy atom. The maximum absolute atomic E-state index is 11.5. The zero-order valence-corrected chi connectivity index (χ0v) is 12.1. The van der Waals surface area contributed by atoms with Crippen LogP contribution in [0.5, 0.6) is 0 Å². The topological polar surface area (TPSA) is 66.6 Å². The van der Waals surface area contributed by atoms with E-state index in [0.717, 1.165) is 25.1 Å². The molecule has 4 nitrogen and oxygen atoms in total. The van der Waals surface area contributed by atoms with Crippen LogP contribution in [0.1, 0.15) is 30.1 Å². The molecule has 4 heteroatoms. The summed E-state index contributed by atoms with van der Waals surface area (Å²) in [6, 6.07) is 14.7. The molecule has 0 amide bonds. The number of benzene rings is 2. The summed E-state index contributed by atoms with van der Waals surface area (Å²) in [6.07, 6.45) is 2.01. The fourth-order valence-corrected chi connectivity index (χ4v) is 2.27. The molecule has 0 aliphatic rings. The van der Waals surface area contributed by atoms with Crippen molar-refractivity contribution in [1.82, 2.24) is 0 Å². The number of carboxylic acids is 1. The maximum Gasteiger partial charge on any atom is 0.337 e. The number of para-hydroxylation sites is 1. The molecule has 0 aliphatic heterocycles. The predicted molar refractivity (Wildman–Crippen MR) is 86.2 cm³/mol. The molecule has 0 saturated carbocycles. The van der Waals surface area contributed by atoms with E-state index in [4.69, 9.17) is 5.73 Å². The van der Waals surface area contributed by atoms with E-state index in [1.165, 1.54) is 0 Å². The van der Waals surface area contributed by atoms with Crippen molar-refractivity contribution >= 4 is 23.0 Å². The first kappa shape index (κ1) is 14.9. The summed E-state index contributed by atoms with van der Waals surface area (Å²) >= 11 is 0. The summed E-state index contributed by atoms with van der Waals surface area (Å²) in [5, 5.41) is 9.41. The van der Waals surface area contributed by atoms with E-state index < -0.39 is 5.97 Å². The highest BCUT2D eigenvalue weighted by Gasteiger charge is 2.17. The Morgan fingerprint density at radius 3 is 2.52 bits per heavy atom. The van der Waals surface area contributed by atoms with Gasteiger partial charge in [-0.1, -0.05) is 31.5 Å². The van der Waals surface area contributed by atoms with Crippen LogP contribution in [0.25, 0.3) is 0 Å². The van der Waals surface area contributed by atoms with Gasteiger partial charge in [0, 0.05) is 17.9 Å². The molecule has 0 fully saturated rings. The summed E-state index contributed by atoms with van der Waals surface area (Å²) in [7, 11) is 0. The highest BCUT2D eigenvalue weighted by Crippen LogP contribution is 2.30. The SMILES string of the molecule is CCCCN(c1ccccc1)c1cc(N)ccc1C(=O)O.